The highest BCUT2D eigenvalue weighted by atomic mass is 127. The highest BCUT2D eigenvalue weighted by molar-refractivity contribution is 14.0. The maximum absolute atomic E-state index is 13.4. The summed E-state index contributed by atoms with van der Waals surface area (Å²) in [4.78, 5) is 8.07. The number of aliphatic imine (C=N–C) groups is 1. The lowest BCUT2D eigenvalue weighted by Gasteiger charge is -2.28. The second-order valence-electron chi connectivity index (χ2n) is 5.51. The van der Waals surface area contributed by atoms with Gasteiger partial charge >= 0.3 is 0 Å². The number of nitrogens with one attached hydrogen (secondary N) is 2. The van der Waals surface area contributed by atoms with Crippen LogP contribution in [0.3, 0.4) is 0 Å². The van der Waals surface area contributed by atoms with E-state index in [4.69, 9.17) is 9.47 Å². The topological polar surface area (TPSA) is 67.8 Å². The molecule has 2 N–H and O–H groups in total. The van der Waals surface area contributed by atoms with Crippen LogP contribution in [-0.2, 0) is 0 Å². The smallest absolute Gasteiger partial charge is 0.250 e. The van der Waals surface area contributed by atoms with Crippen molar-refractivity contribution in [3.63, 3.8) is 0 Å². The van der Waals surface area contributed by atoms with Gasteiger partial charge in [-0.1, -0.05) is 18.2 Å². The first-order chi connectivity index (χ1) is 12.3. The Labute approximate surface area is 169 Å². The van der Waals surface area contributed by atoms with Gasteiger partial charge in [0.2, 0.25) is 5.88 Å². The molecule has 1 atom stereocenters. The SMILES string of the molecule is CN=C(NCCOc1ncccc1F)NC1CCOc2ccccc21.I. The molecule has 0 spiro atoms. The Morgan fingerprint density at radius 1 is 1.35 bits per heavy atom. The first-order valence-corrected chi connectivity index (χ1v) is 8.20. The minimum Gasteiger partial charge on any atom is -0.493 e. The van der Waals surface area contributed by atoms with Gasteiger partial charge in [-0.05, 0) is 18.2 Å². The van der Waals surface area contributed by atoms with E-state index in [1.807, 2.05) is 24.3 Å². The molecule has 2 heterocycles. The van der Waals surface area contributed by atoms with Gasteiger partial charge in [0.05, 0.1) is 19.2 Å². The number of nitrogens with zero attached hydrogens (tertiary/aromatic N) is 2. The van der Waals surface area contributed by atoms with Crippen LogP contribution in [0.1, 0.15) is 18.0 Å². The zero-order valence-corrected chi connectivity index (χ0v) is 16.8. The van der Waals surface area contributed by atoms with Crippen molar-refractivity contribution in [1.29, 1.82) is 0 Å². The fraction of sp³-hybridized carbons (Fsp3) is 0.333. The van der Waals surface area contributed by atoms with Crippen molar-refractivity contribution in [1.82, 2.24) is 15.6 Å². The van der Waals surface area contributed by atoms with Crippen LogP contribution in [-0.4, -0.2) is 37.7 Å². The maximum Gasteiger partial charge on any atom is 0.250 e. The standard InChI is InChI=1S/C18H21FN4O2.HI/c1-20-18(22-10-12-25-17-14(19)6-4-9-21-17)23-15-8-11-24-16-7-3-2-5-13(15)16;/h2-7,9,15H,8,10-12H2,1H3,(H2,20,22,23);1H. The fourth-order valence-corrected chi connectivity index (χ4v) is 2.65. The Hall–Kier alpha value is -2.10. The summed E-state index contributed by atoms with van der Waals surface area (Å²) in [6.45, 7) is 1.41. The van der Waals surface area contributed by atoms with E-state index in [-0.39, 0.29) is 42.5 Å². The zero-order chi connectivity index (χ0) is 17.5. The molecule has 3 rings (SSSR count). The Kier molecular flexibility index (Phi) is 7.89. The molecule has 0 saturated carbocycles. The van der Waals surface area contributed by atoms with Crippen LogP contribution in [0.25, 0.3) is 0 Å². The largest absolute Gasteiger partial charge is 0.493 e. The molecule has 0 bridgehead atoms. The lowest BCUT2D eigenvalue weighted by molar-refractivity contribution is 0.261. The number of para-hydroxylation sites is 1. The molecule has 1 aromatic carbocycles. The van der Waals surface area contributed by atoms with Crippen molar-refractivity contribution >= 4 is 29.9 Å². The molecule has 0 amide bonds. The van der Waals surface area contributed by atoms with Gasteiger partial charge < -0.3 is 20.1 Å². The minimum absolute atomic E-state index is 0. The first-order valence-electron chi connectivity index (χ1n) is 8.20. The van der Waals surface area contributed by atoms with Crippen LogP contribution in [0.2, 0.25) is 0 Å². The van der Waals surface area contributed by atoms with Gasteiger partial charge in [0, 0.05) is 25.2 Å². The number of guanidine groups is 1. The van der Waals surface area contributed by atoms with Gasteiger partial charge in [0.1, 0.15) is 12.4 Å². The summed E-state index contributed by atoms with van der Waals surface area (Å²) in [6.07, 6.45) is 2.35. The minimum atomic E-state index is -0.469. The fourth-order valence-electron chi connectivity index (χ4n) is 2.65. The normalized spacial score (nSPS) is 15.9. The second kappa shape index (κ2) is 10.1. The van der Waals surface area contributed by atoms with E-state index >= 15 is 0 Å². The van der Waals surface area contributed by atoms with Gasteiger partial charge in [0.25, 0.3) is 0 Å². The van der Waals surface area contributed by atoms with E-state index < -0.39 is 5.82 Å². The number of aromatic nitrogens is 1. The van der Waals surface area contributed by atoms with Crippen LogP contribution in [0.4, 0.5) is 4.39 Å². The van der Waals surface area contributed by atoms with Crippen molar-refractivity contribution in [2.75, 3.05) is 26.8 Å². The number of benzene rings is 1. The Morgan fingerprint density at radius 3 is 3.00 bits per heavy atom. The van der Waals surface area contributed by atoms with Crippen molar-refractivity contribution in [2.45, 2.75) is 12.5 Å². The van der Waals surface area contributed by atoms with Crippen LogP contribution < -0.4 is 20.1 Å². The highest BCUT2D eigenvalue weighted by Crippen LogP contribution is 2.31. The van der Waals surface area contributed by atoms with E-state index in [1.54, 1.807) is 7.05 Å². The first kappa shape index (κ1) is 20.2. The maximum atomic E-state index is 13.4. The predicted molar refractivity (Wildman–Crippen MR) is 109 cm³/mol. The number of halogens is 2. The zero-order valence-electron chi connectivity index (χ0n) is 14.4. The Morgan fingerprint density at radius 2 is 2.19 bits per heavy atom. The van der Waals surface area contributed by atoms with Crippen LogP contribution in [0.5, 0.6) is 11.6 Å². The molecular weight excluding hydrogens is 450 g/mol. The molecule has 2 aromatic rings. The van der Waals surface area contributed by atoms with Crippen molar-refractivity contribution < 1.29 is 13.9 Å². The predicted octanol–water partition coefficient (Wildman–Crippen LogP) is 2.91. The van der Waals surface area contributed by atoms with Gasteiger partial charge in [-0.3, -0.25) is 4.99 Å². The summed E-state index contributed by atoms with van der Waals surface area (Å²) in [7, 11) is 1.71. The molecule has 140 valence electrons. The summed E-state index contributed by atoms with van der Waals surface area (Å²) in [5.74, 6) is 1.09. The summed E-state index contributed by atoms with van der Waals surface area (Å²) in [6, 6.07) is 10.9. The Balaban J connectivity index is 0.00000243. The third-order valence-electron chi connectivity index (χ3n) is 3.85. The number of fused-ring (bicyclic) bond motifs is 1. The number of rotatable bonds is 5. The third-order valence-corrected chi connectivity index (χ3v) is 3.85. The number of pyridine rings is 1. The summed E-state index contributed by atoms with van der Waals surface area (Å²) < 4.78 is 24.4. The van der Waals surface area contributed by atoms with Gasteiger partial charge in [-0.2, -0.15) is 0 Å². The molecule has 0 aliphatic carbocycles. The lowest BCUT2D eigenvalue weighted by Crippen LogP contribution is -2.42. The van der Waals surface area contributed by atoms with Gasteiger partial charge in [-0.15, -0.1) is 24.0 Å². The van der Waals surface area contributed by atoms with Crippen LogP contribution in [0, 0.1) is 5.82 Å². The van der Waals surface area contributed by atoms with E-state index in [9.17, 15) is 4.39 Å². The van der Waals surface area contributed by atoms with E-state index in [2.05, 4.69) is 20.6 Å². The number of hydrogen-bond acceptors (Lipinski definition) is 4. The monoisotopic (exact) mass is 472 g/mol. The third kappa shape index (κ3) is 5.20. The van der Waals surface area contributed by atoms with Crippen molar-refractivity contribution in [3.8, 4) is 11.6 Å². The number of ether oxygens (including phenoxy) is 2. The van der Waals surface area contributed by atoms with Crippen molar-refractivity contribution in [3.05, 3.63) is 54.0 Å². The molecule has 0 radical (unpaired) electrons. The average Bonchev–Trinajstić information content (AvgIpc) is 2.65. The lowest BCUT2D eigenvalue weighted by atomic mass is 10.0. The molecule has 26 heavy (non-hydrogen) atoms. The Bertz CT molecular complexity index is 745. The molecule has 1 aliphatic rings. The van der Waals surface area contributed by atoms with E-state index in [0.29, 0.717) is 19.1 Å². The highest BCUT2D eigenvalue weighted by Gasteiger charge is 2.21. The van der Waals surface area contributed by atoms with Crippen LogP contribution >= 0.6 is 24.0 Å². The van der Waals surface area contributed by atoms with Gasteiger partial charge in [0.15, 0.2) is 11.8 Å². The molecule has 1 aromatic heterocycles. The molecular formula is C18H22FIN4O2. The molecule has 1 aliphatic heterocycles. The summed E-state index contributed by atoms with van der Waals surface area (Å²) >= 11 is 0. The molecule has 0 saturated heterocycles. The van der Waals surface area contributed by atoms with E-state index in [1.165, 1.54) is 18.3 Å². The van der Waals surface area contributed by atoms with Gasteiger partial charge in [-0.25, -0.2) is 9.37 Å². The van der Waals surface area contributed by atoms with Crippen LogP contribution in [0.15, 0.2) is 47.6 Å². The summed E-state index contributed by atoms with van der Waals surface area (Å²) in [5.41, 5.74) is 1.11. The number of hydrogen-bond donors (Lipinski definition) is 2. The average molecular weight is 472 g/mol. The van der Waals surface area contributed by atoms with Crippen molar-refractivity contribution in [2.24, 2.45) is 4.99 Å². The molecule has 8 heteroatoms. The molecule has 6 nitrogen and oxygen atoms in total. The second-order valence-corrected chi connectivity index (χ2v) is 5.51. The quantitative estimate of drug-likeness (QED) is 0.303. The summed E-state index contributed by atoms with van der Waals surface area (Å²) in [5, 5.41) is 6.55. The molecule has 1 unspecified atom stereocenters. The van der Waals surface area contributed by atoms with E-state index in [0.717, 1.165) is 17.7 Å². The molecule has 0 fully saturated rings.